The summed E-state index contributed by atoms with van der Waals surface area (Å²) < 4.78 is 5.39. The predicted octanol–water partition coefficient (Wildman–Crippen LogP) is 3.81. The van der Waals surface area contributed by atoms with E-state index in [0.29, 0.717) is 43.9 Å². The molecule has 1 atom stereocenters. The van der Waals surface area contributed by atoms with Gasteiger partial charge in [-0.3, -0.25) is 9.78 Å². The minimum Gasteiger partial charge on any atom is -0.508 e. The smallest absolute Gasteiger partial charge is 0.410 e. The van der Waals surface area contributed by atoms with E-state index in [2.05, 4.69) is 26.8 Å². The van der Waals surface area contributed by atoms with Gasteiger partial charge < -0.3 is 25.0 Å². The summed E-state index contributed by atoms with van der Waals surface area (Å²) >= 11 is 0. The summed E-state index contributed by atoms with van der Waals surface area (Å²) in [6.07, 6.45) is 8.02. The Balaban J connectivity index is 1.40. The van der Waals surface area contributed by atoms with E-state index in [4.69, 9.17) is 4.74 Å². The van der Waals surface area contributed by atoms with Gasteiger partial charge in [0.2, 0.25) is 5.91 Å². The second kappa shape index (κ2) is 9.97. The lowest BCUT2D eigenvalue weighted by Gasteiger charge is -2.26. The molecular weight excluding hydrogens is 470 g/mol. The zero-order valence-electron chi connectivity index (χ0n) is 22.2. The van der Waals surface area contributed by atoms with Crippen LogP contribution >= 0.6 is 0 Å². The van der Waals surface area contributed by atoms with Crippen LogP contribution in [0.2, 0.25) is 0 Å². The number of carbonyl (C=O) groups is 2. The van der Waals surface area contributed by atoms with Gasteiger partial charge >= 0.3 is 6.09 Å². The summed E-state index contributed by atoms with van der Waals surface area (Å²) in [5.41, 5.74) is 2.86. The number of carbonyl (C=O) groups excluding carboxylic acids is 2. The third kappa shape index (κ3) is 5.67. The van der Waals surface area contributed by atoms with Crippen molar-refractivity contribution in [1.82, 2.24) is 19.8 Å². The molecule has 0 aromatic carbocycles. The van der Waals surface area contributed by atoms with E-state index < -0.39 is 11.0 Å². The van der Waals surface area contributed by atoms with Crippen LogP contribution in [-0.4, -0.2) is 76.2 Å². The largest absolute Gasteiger partial charge is 0.508 e. The number of ether oxygens (including phenoxy) is 1. The maximum Gasteiger partial charge on any atom is 0.410 e. The fraction of sp³-hybridized carbons (Fsp3) is 0.429. The van der Waals surface area contributed by atoms with E-state index >= 15 is 0 Å². The van der Waals surface area contributed by atoms with Gasteiger partial charge in [-0.1, -0.05) is 18.7 Å². The van der Waals surface area contributed by atoms with Crippen molar-refractivity contribution in [3.63, 3.8) is 0 Å². The molecule has 0 saturated heterocycles. The molecule has 1 spiro atoms. The van der Waals surface area contributed by atoms with Gasteiger partial charge in [-0.25, -0.2) is 9.78 Å². The number of anilines is 1. The first kappa shape index (κ1) is 26.3. The van der Waals surface area contributed by atoms with Crippen LogP contribution in [0.5, 0.6) is 0 Å². The zero-order chi connectivity index (χ0) is 27.0. The highest BCUT2D eigenvalue weighted by Crippen LogP contribution is 2.46. The van der Waals surface area contributed by atoms with Gasteiger partial charge in [0.05, 0.1) is 5.41 Å². The van der Waals surface area contributed by atoms with Crippen molar-refractivity contribution in [3.8, 4) is 0 Å². The number of aliphatic hydroxyl groups excluding tert-OH is 1. The highest BCUT2D eigenvalue weighted by atomic mass is 16.6. The number of hydrogen-bond acceptors (Lipinski definition) is 7. The van der Waals surface area contributed by atoms with Crippen LogP contribution in [0, 0.1) is 0 Å². The number of pyridine rings is 2. The average Bonchev–Trinajstić information content (AvgIpc) is 3.33. The molecule has 0 radical (unpaired) electrons. The first-order valence-electron chi connectivity index (χ1n) is 12.4. The number of hydrogen-bond donors (Lipinski definition) is 2. The molecule has 9 nitrogen and oxygen atoms in total. The van der Waals surface area contributed by atoms with Crippen LogP contribution in [0.15, 0.2) is 37.2 Å². The topological polar surface area (TPSA) is 108 Å². The van der Waals surface area contributed by atoms with Crippen molar-refractivity contribution in [2.24, 2.45) is 0 Å². The highest BCUT2D eigenvalue weighted by Gasteiger charge is 2.51. The van der Waals surface area contributed by atoms with Gasteiger partial charge in [0.25, 0.3) is 0 Å². The quantitative estimate of drug-likeness (QED) is 0.551. The molecule has 4 rings (SSSR count). The van der Waals surface area contributed by atoms with Crippen molar-refractivity contribution >= 4 is 29.7 Å². The summed E-state index contributed by atoms with van der Waals surface area (Å²) in [6.45, 7) is 11.1. The summed E-state index contributed by atoms with van der Waals surface area (Å²) in [4.78, 5) is 37.9. The first-order valence-corrected chi connectivity index (χ1v) is 12.4. The molecule has 1 aliphatic heterocycles. The first-order chi connectivity index (χ1) is 17.4. The predicted molar refractivity (Wildman–Crippen MR) is 143 cm³/mol. The Morgan fingerprint density at radius 2 is 1.97 bits per heavy atom. The molecule has 0 fully saturated rings. The molecule has 2 N–H and O–H groups in total. The van der Waals surface area contributed by atoms with Crippen molar-refractivity contribution in [1.29, 1.82) is 0 Å². The molecule has 196 valence electrons. The summed E-state index contributed by atoms with van der Waals surface area (Å²) in [5, 5.41) is 12.7. The number of fused-ring (bicyclic) bond motifs is 3. The molecule has 2 aromatic rings. The van der Waals surface area contributed by atoms with Crippen LogP contribution in [0.25, 0.3) is 11.8 Å². The molecule has 2 aromatic heterocycles. The second-order valence-corrected chi connectivity index (χ2v) is 10.9. The van der Waals surface area contributed by atoms with Crippen LogP contribution in [0.4, 0.5) is 10.6 Å². The maximum absolute atomic E-state index is 13.1. The lowest BCUT2D eigenvalue weighted by atomic mass is 9.79. The molecule has 37 heavy (non-hydrogen) atoms. The van der Waals surface area contributed by atoms with E-state index in [0.717, 1.165) is 22.4 Å². The second-order valence-electron chi connectivity index (χ2n) is 10.9. The van der Waals surface area contributed by atoms with E-state index in [1.165, 1.54) is 0 Å². The SMILES string of the molecule is C=C(O)c1cnc2c(c1)C[C@@]1(C2)C(=O)Nc2ncc(/C=C/CN(C)CCN(C)C(=O)OC(C)(C)C)cc21. The van der Waals surface area contributed by atoms with Crippen molar-refractivity contribution < 1.29 is 19.4 Å². The molecule has 0 bridgehead atoms. The van der Waals surface area contributed by atoms with Gasteiger partial charge in [0.1, 0.15) is 17.2 Å². The molecule has 2 amide bonds. The Hall–Kier alpha value is -3.72. The number of aromatic nitrogens is 2. The van der Waals surface area contributed by atoms with Gasteiger partial charge in [-0.05, 0) is 57.5 Å². The van der Waals surface area contributed by atoms with Gasteiger partial charge in [-0.2, -0.15) is 0 Å². The molecular formula is C28H35N5O4. The Morgan fingerprint density at radius 3 is 2.68 bits per heavy atom. The standard InChI is InChI=1S/C28H35N5O4/c1-18(34)21-13-20-14-28(15-23(20)29-17-21)22-12-19(16-30-24(22)31-25(28)35)8-7-9-32(5)10-11-33(6)26(36)37-27(2,3)4/h7-8,12-13,16-17,34H,1,9-11,14-15H2,2-6H3,(H,30,31,35)/b8-7+/t28-/m0/s1. The van der Waals surface area contributed by atoms with Crippen LogP contribution in [-0.2, 0) is 27.8 Å². The fourth-order valence-corrected chi connectivity index (χ4v) is 4.63. The van der Waals surface area contributed by atoms with E-state index in [1.807, 2.05) is 52.1 Å². The number of aliphatic hydroxyl groups is 1. The van der Waals surface area contributed by atoms with Crippen molar-refractivity contribution in [3.05, 3.63) is 65.1 Å². The summed E-state index contributed by atoms with van der Waals surface area (Å²) in [5.74, 6) is 0.472. The van der Waals surface area contributed by atoms with Gasteiger partial charge in [0, 0.05) is 62.3 Å². The Labute approximate surface area is 217 Å². The van der Waals surface area contributed by atoms with Crippen LogP contribution < -0.4 is 5.32 Å². The molecule has 9 heteroatoms. The van der Waals surface area contributed by atoms with Crippen LogP contribution in [0.3, 0.4) is 0 Å². The molecule has 2 aliphatic rings. The summed E-state index contributed by atoms with van der Waals surface area (Å²) in [6, 6.07) is 3.88. The third-order valence-corrected chi connectivity index (χ3v) is 6.70. The molecule has 0 saturated carbocycles. The molecule has 1 aliphatic carbocycles. The van der Waals surface area contributed by atoms with Crippen molar-refractivity contribution in [2.75, 3.05) is 39.0 Å². The monoisotopic (exact) mass is 505 g/mol. The van der Waals surface area contributed by atoms with Gasteiger partial charge in [0.15, 0.2) is 0 Å². The van der Waals surface area contributed by atoms with E-state index in [9.17, 15) is 14.7 Å². The van der Waals surface area contributed by atoms with Crippen molar-refractivity contribution in [2.45, 2.75) is 44.6 Å². The highest BCUT2D eigenvalue weighted by molar-refractivity contribution is 6.06. The third-order valence-electron chi connectivity index (χ3n) is 6.70. The average molecular weight is 506 g/mol. The van der Waals surface area contributed by atoms with E-state index in [1.54, 1.807) is 24.3 Å². The Bertz CT molecular complexity index is 1270. The number of nitrogens with one attached hydrogen (secondary N) is 1. The molecule has 3 heterocycles. The zero-order valence-corrected chi connectivity index (χ0v) is 22.2. The van der Waals surface area contributed by atoms with E-state index in [-0.39, 0.29) is 17.8 Å². The Kier molecular flexibility index (Phi) is 7.10. The fourth-order valence-electron chi connectivity index (χ4n) is 4.63. The maximum atomic E-state index is 13.1. The lowest BCUT2D eigenvalue weighted by Crippen LogP contribution is -2.38. The minimum atomic E-state index is -0.750. The normalized spacial score (nSPS) is 18.3. The number of likely N-dealkylation sites (N-methyl/N-ethyl adjacent to an activating group) is 2. The number of rotatable bonds is 7. The minimum absolute atomic E-state index is 0.0388. The number of nitrogens with zero attached hydrogens (tertiary/aromatic N) is 4. The lowest BCUT2D eigenvalue weighted by molar-refractivity contribution is -0.120. The Morgan fingerprint density at radius 1 is 1.22 bits per heavy atom. The van der Waals surface area contributed by atoms with Crippen LogP contribution in [0.1, 0.15) is 48.7 Å². The van der Waals surface area contributed by atoms with Gasteiger partial charge in [-0.15, -0.1) is 0 Å². The molecule has 0 unspecified atom stereocenters. The number of amides is 2. The summed E-state index contributed by atoms with van der Waals surface area (Å²) in [7, 11) is 3.72.